The van der Waals surface area contributed by atoms with Gasteiger partial charge in [-0.25, -0.2) is 0 Å². The summed E-state index contributed by atoms with van der Waals surface area (Å²) in [6.07, 6.45) is 6.65. The minimum Gasteiger partial charge on any atom is -0.349 e. The molecule has 0 unspecified atom stereocenters. The van der Waals surface area contributed by atoms with Gasteiger partial charge in [-0.3, -0.25) is 14.3 Å². The Bertz CT molecular complexity index is 1270. The molecular weight excluding hydrogens is 430 g/mol. The summed E-state index contributed by atoms with van der Waals surface area (Å²) < 4.78 is 2.01. The zero-order valence-corrected chi connectivity index (χ0v) is 19.3. The fourth-order valence-corrected chi connectivity index (χ4v) is 5.10. The number of rotatable bonds is 6. The fraction of sp³-hybridized carbons (Fsp3) is 0.231. The summed E-state index contributed by atoms with van der Waals surface area (Å²) in [5.41, 5.74) is 5.55. The first-order chi connectivity index (χ1) is 16.2. The molecule has 6 nitrogen and oxygen atoms in total. The summed E-state index contributed by atoms with van der Waals surface area (Å²) in [5.74, 6) is 0.987. The lowest BCUT2D eigenvalue weighted by molar-refractivity contribution is -0.119. The van der Waals surface area contributed by atoms with Crippen LogP contribution in [0.3, 0.4) is 0 Å². The lowest BCUT2D eigenvalue weighted by atomic mass is 9.88. The number of thioether (sulfide) groups is 1. The lowest BCUT2D eigenvalue weighted by Gasteiger charge is -2.26. The molecule has 33 heavy (non-hydrogen) atoms. The summed E-state index contributed by atoms with van der Waals surface area (Å²) in [4.78, 5) is 17.1. The molecule has 1 aliphatic carbocycles. The van der Waals surface area contributed by atoms with E-state index in [0.717, 1.165) is 36.1 Å². The molecule has 1 N–H and O–H groups in total. The summed E-state index contributed by atoms with van der Waals surface area (Å²) in [5, 5.41) is 12.8. The van der Waals surface area contributed by atoms with Crippen molar-refractivity contribution in [3.8, 4) is 17.1 Å². The second-order valence-electron chi connectivity index (χ2n) is 8.17. The molecule has 1 atom stereocenters. The Labute approximate surface area is 197 Å². The average Bonchev–Trinajstić information content (AvgIpc) is 3.27. The summed E-state index contributed by atoms with van der Waals surface area (Å²) in [6, 6.07) is 20.4. The number of carbonyl (C=O) groups is 1. The molecule has 0 radical (unpaired) electrons. The monoisotopic (exact) mass is 455 g/mol. The third kappa shape index (κ3) is 4.54. The summed E-state index contributed by atoms with van der Waals surface area (Å²) >= 11 is 1.40. The molecule has 4 aromatic rings. The van der Waals surface area contributed by atoms with Gasteiger partial charge in [0, 0.05) is 18.0 Å². The van der Waals surface area contributed by atoms with E-state index < -0.39 is 0 Å². The maximum absolute atomic E-state index is 12.9. The number of carbonyl (C=O) groups excluding carboxylic acids is 1. The van der Waals surface area contributed by atoms with E-state index in [1.807, 2.05) is 41.0 Å². The molecule has 2 heterocycles. The molecule has 0 aliphatic heterocycles. The molecule has 0 fully saturated rings. The van der Waals surface area contributed by atoms with Crippen LogP contribution in [-0.2, 0) is 11.2 Å². The van der Waals surface area contributed by atoms with Crippen molar-refractivity contribution in [1.29, 1.82) is 0 Å². The number of hydrogen-bond donors (Lipinski definition) is 1. The van der Waals surface area contributed by atoms with Crippen LogP contribution >= 0.6 is 11.8 Å². The van der Waals surface area contributed by atoms with Gasteiger partial charge in [0.05, 0.1) is 17.5 Å². The molecule has 5 rings (SSSR count). The quantitative estimate of drug-likeness (QED) is 0.418. The second-order valence-corrected chi connectivity index (χ2v) is 9.11. The van der Waals surface area contributed by atoms with Crippen molar-refractivity contribution < 1.29 is 4.79 Å². The Morgan fingerprint density at radius 1 is 1.09 bits per heavy atom. The van der Waals surface area contributed by atoms with Gasteiger partial charge in [0.2, 0.25) is 5.91 Å². The average molecular weight is 456 g/mol. The predicted molar refractivity (Wildman–Crippen MR) is 130 cm³/mol. The Balaban J connectivity index is 1.38. The van der Waals surface area contributed by atoms with E-state index >= 15 is 0 Å². The number of fused-ring (bicyclic) bond motifs is 1. The second kappa shape index (κ2) is 9.58. The molecule has 0 saturated carbocycles. The molecule has 0 spiro atoms. The van der Waals surface area contributed by atoms with Crippen LogP contribution in [-0.4, -0.2) is 31.4 Å². The van der Waals surface area contributed by atoms with E-state index in [9.17, 15) is 4.79 Å². The van der Waals surface area contributed by atoms with Crippen molar-refractivity contribution in [3.63, 3.8) is 0 Å². The van der Waals surface area contributed by atoms with Crippen LogP contribution in [0.25, 0.3) is 17.1 Å². The smallest absolute Gasteiger partial charge is 0.230 e. The predicted octanol–water partition coefficient (Wildman–Crippen LogP) is 4.92. The topological polar surface area (TPSA) is 72.7 Å². The highest BCUT2D eigenvalue weighted by molar-refractivity contribution is 7.99. The molecule has 1 aliphatic rings. The summed E-state index contributed by atoms with van der Waals surface area (Å²) in [7, 11) is 0. The van der Waals surface area contributed by atoms with Gasteiger partial charge in [-0.15, -0.1) is 10.2 Å². The number of hydrogen-bond acceptors (Lipinski definition) is 5. The largest absolute Gasteiger partial charge is 0.349 e. The number of pyridine rings is 1. The first-order valence-electron chi connectivity index (χ1n) is 11.1. The molecule has 1 amide bonds. The van der Waals surface area contributed by atoms with Crippen molar-refractivity contribution in [2.24, 2.45) is 0 Å². The van der Waals surface area contributed by atoms with Crippen molar-refractivity contribution >= 4 is 17.7 Å². The Morgan fingerprint density at radius 2 is 1.94 bits per heavy atom. The number of para-hydroxylation sites is 1. The maximum Gasteiger partial charge on any atom is 0.230 e. The highest BCUT2D eigenvalue weighted by atomic mass is 32.2. The maximum atomic E-state index is 12.9. The number of nitrogens with zero attached hydrogens (tertiary/aromatic N) is 4. The van der Waals surface area contributed by atoms with E-state index in [-0.39, 0.29) is 17.7 Å². The first-order valence-corrected chi connectivity index (χ1v) is 12.1. The SMILES string of the molecule is Cc1ccccc1-n1c(SCC(=O)N[C@@H]2CCCc3ccccc32)nnc1-c1cccnc1. The first kappa shape index (κ1) is 21.4. The molecular formula is C26H25N5OS. The van der Waals surface area contributed by atoms with Gasteiger partial charge in [-0.1, -0.05) is 54.2 Å². The van der Waals surface area contributed by atoms with Crippen molar-refractivity contribution in [2.45, 2.75) is 37.4 Å². The molecule has 166 valence electrons. The van der Waals surface area contributed by atoms with E-state index in [1.165, 1.54) is 22.9 Å². The van der Waals surface area contributed by atoms with E-state index in [2.05, 4.69) is 51.7 Å². The van der Waals surface area contributed by atoms with Gasteiger partial charge in [0.1, 0.15) is 0 Å². The van der Waals surface area contributed by atoms with E-state index in [4.69, 9.17) is 0 Å². The molecule has 2 aromatic carbocycles. The van der Waals surface area contributed by atoms with Gasteiger partial charge >= 0.3 is 0 Å². The molecule has 0 saturated heterocycles. The lowest BCUT2D eigenvalue weighted by Crippen LogP contribution is -2.32. The van der Waals surface area contributed by atoms with Crippen LogP contribution in [0.2, 0.25) is 0 Å². The zero-order valence-electron chi connectivity index (χ0n) is 18.4. The van der Waals surface area contributed by atoms with Crippen LogP contribution < -0.4 is 5.32 Å². The normalized spacial score (nSPS) is 15.1. The van der Waals surface area contributed by atoms with Crippen molar-refractivity contribution in [2.75, 3.05) is 5.75 Å². The van der Waals surface area contributed by atoms with E-state index in [1.54, 1.807) is 12.4 Å². The Kier molecular flexibility index (Phi) is 6.21. The van der Waals surface area contributed by atoms with Crippen LogP contribution in [0.5, 0.6) is 0 Å². The van der Waals surface area contributed by atoms with Crippen LogP contribution in [0.1, 0.15) is 35.6 Å². The zero-order chi connectivity index (χ0) is 22.6. The van der Waals surface area contributed by atoms with Gasteiger partial charge in [-0.2, -0.15) is 0 Å². The Hall–Kier alpha value is -3.45. The Morgan fingerprint density at radius 3 is 2.79 bits per heavy atom. The molecule has 0 bridgehead atoms. The van der Waals surface area contributed by atoms with E-state index in [0.29, 0.717) is 11.0 Å². The van der Waals surface area contributed by atoms with Crippen molar-refractivity contribution in [3.05, 3.63) is 89.7 Å². The van der Waals surface area contributed by atoms with Crippen molar-refractivity contribution in [1.82, 2.24) is 25.1 Å². The minimum absolute atomic E-state index is 0.00367. The number of nitrogens with one attached hydrogen (secondary N) is 1. The number of benzene rings is 2. The van der Waals surface area contributed by atoms with Crippen LogP contribution in [0, 0.1) is 6.92 Å². The third-order valence-corrected chi connectivity index (χ3v) is 6.88. The minimum atomic E-state index is 0.00367. The van der Waals surface area contributed by atoms with Gasteiger partial charge in [0.15, 0.2) is 11.0 Å². The highest BCUT2D eigenvalue weighted by Gasteiger charge is 2.23. The van der Waals surface area contributed by atoms with Gasteiger partial charge in [0.25, 0.3) is 0 Å². The number of aryl methyl sites for hydroxylation is 2. The third-order valence-electron chi connectivity index (χ3n) is 5.95. The highest BCUT2D eigenvalue weighted by Crippen LogP contribution is 2.31. The number of aromatic nitrogens is 4. The fourth-order valence-electron chi connectivity index (χ4n) is 4.35. The standard InChI is InChI=1S/C26H25N5OS/c1-18-8-2-5-14-23(18)31-25(20-11-7-15-27-16-20)29-30-26(31)33-17-24(32)28-22-13-6-10-19-9-3-4-12-21(19)22/h2-5,7-9,11-12,14-16,22H,6,10,13,17H2,1H3,(H,28,32)/t22-/m1/s1. The number of amides is 1. The van der Waals surface area contributed by atoms with Gasteiger partial charge < -0.3 is 5.32 Å². The van der Waals surface area contributed by atoms with Crippen LogP contribution in [0.15, 0.2) is 78.2 Å². The van der Waals surface area contributed by atoms with Crippen LogP contribution in [0.4, 0.5) is 0 Å². The molecule has 2 aromatic heterocycles. The van der Waals surface area contributed by atoms with Gasteiger partial charge in [-0.05, 0) is 61.1 Å². The molecule has 7 heteroatoms. The summed E-state index contributed by atoms with van der Waals surface area (Å²) in [6.45, 7) is 2.06.